The van der Waals surface area contributed by atoms with E-state index >= 15 is 0 Å². The molecule has 1 aliphatic heterocycles. The number of fused-ring (bicyclic) bond motifs is 2. The van der Waals surface area contributed by atoms with E-state index in [1.165, 1.54) is 10.4 Å². The molecule has 1 aliphatic rings. The van der Waals surface area contributed by atoms with Crippen molar-refractivity contribution in [1.82, 2.24) is 9.38 Å². The van der Waals surface area contributed by atoms with Gasteiger partial charge in [-0.2, -0.15) is 0 Å². The van der Waals surface area contributed by atoms with Gasteiger partial charge < -0.3 is 9.14 Å². The number of benzene rings is 2. The number of pyridine rings is 1. The number of hydrogen-bond acceptors (Lipinski definition) is 5. The van der Waals surface area contributed by atoms with E-state index in [9.17, 15) is 13.2 Å². The Labute approximate surface area is 201 Å². The number of ether oxygens (including phenoxy) is 1. The zero-order valence-corrected chi connectivity index (χ0v) is 19.5. The van der Waals surface area contributed by atoms with E-state index in [0.717, 1.165) is 11.3 Å². The smallest absolute Gasteiger partial charge is 0.331 e. The van der Waals surface area contributed by atoms with Crippen LogP contribution in [-0.2, 0) is 32.6 Å². The van der Waals surface area contributed by atoms with E-state index in [-0.39, 0.29) is 11.5 Å². The quantitative estimate of drug-likeness (QED) is 0.292. The number of para-hydroxylation sites is 1. The zero-order valence-electron chi connectivity index (χ0n) is 18.0. The molecule has 0 spiro atoms. The average molecular weight is 494 g/mol. The molecular weight excluding hydrogens is 474 g/mol. The molecule has 0 N–H and O–H groups in total. The van der Waals surface area contributed by atoms with Crippen LogP contribution in [0.2, 0.25) is 5.02 Å². The fraction of sp³-hybridized carbons (Fsp3) is 0.120. The first kappa shape index (κ1) is 22.2. The molecule has 0 fully saturated rings. The summed E-state index contributed by atoms with van der Waals surface area (Å²) in [6, 6.07) is 17.4. The van der Waals surface area contributed by atoms with E-state index in [4.69, 9.17) is 16.3 Å². The molecule has 9 heteroatoms. The summed E-state index contributed by atoms with van der Waals surface area (Å²) >= 11 is 5.96. The Morgan fingerprint density at radius 2 is 1.85 bits per heavy atom. The minimum atomic E-state index is -3.65. The molecule has 172 valence electrons. The predicted molar refractivity (Wildman–Crippen MR) is 130 cm³/mol. The molecule has 7 nitrogen and oxygen atoms in total. The molecule has 3 heterocycles. The molecule has 0 unspecified atom stereocenters. The molecule has 0 bridgehead atoms. The van der Waals surface area contributed by atoms with Crippen molar-refractivity contribution in [2.24, 2.45) is 0 Å². The van der Waals surface area contributed by atoms with Crippen molar-refractivity contribution in [2.45, 2.75) is 17.9 Å². The number of sulfonamides is 1. The summed E-state index contributed by atoms with van der Waals surface area (Å²) in [4.78, 5) is 16.7. The van der Waals surface area contributed by atoms with Crippen LogP contribution in [-0.4, -0.2) is 30.3 Å². The molecular formula is C25H20ClN3O4S. The Bertz CT molecular complexity index is 1510. The van der Waals surface area contributed by atoms with Crippen molar-refractivity contribution in [1.29, 1.82) is 0 Å². The lowest BCUT2D eigenvalue weighted by molar-refractivity contribution is -0.139. The van der Waals surface area contributed by atoms with Crippen LogP contribution in [0.5, 0.6) is 0 Å². The average Bonchev–Trinajstić information content (AvgIpc) is 3.45. The van der Waals surface area contributed by atoms with Crippen LogP contribution in [0.1, 0.15) is 16.8 Å². The van der Waals surface area contributed by atoms with Crippen molar-refractivity contribution in [3.8, 4) is 0 Å². The van der Waals surface area contributed by atoms with E-state index in [2.05, 4.69) is 4.98 Å². The Kier molecular flexibility index (Phi) is 5.85. The van der Waals surface area contributed by atoms with Crippen molar-refractivity contribution in [2.75, 3.05) is 10.8 Å². The van der Waals surface area contributed by atoms with E-state index in [1.54, 1.807) is 59.3 Å². The lowest BCUT2D eigenvalue weighted by Crippen LogP contribution is -2.29. The van der Waals surface area contributed by atoms with Crippen LogP contribution in [0.15, 0.2) is 84.0 Å². The summed E-state index contributed by atoms with van der Waals surface area (Å²) in [5.41, 5.74) is 3.74. The van der Waals surface area contributed by atoms with Crippen LogP contribution in [0.4, 0.5) is 5.69 Å². The number of rotatable bonds is 6. The van der Waals surface area contributed by atoms with E-state index in [0.29, 0.717) is 34.9 Å². The number of imidazole rings is 1. The number of hydrogen-bond donors (Lipinski definition) is 0. The van der Waals surface area contributed by atoms with Gasteiger partial charge in [0.1, 0.15) is 12.3 Å². The molecule has 0 saturated heterocycles. The lowest BCUT2D eigenvalue weighted by Gasteiger charge is -2.19. The third kappa shape index (κ3) is 4.42. The SMILES string of the molecule is O=C(/C=C/c1ccc(S(=O)(=O)N2CCc3ccccc32)cc1)OCc1cn2cc(Cl)ccc2n1. The standard InChI is InChI=1S/C25H20ClN3O4S/c26-20-8-11-24-27-21(16-28(24)15-20)17-33-25(30)12-7-18-5-9-22(10-6-18)34(31,32)29-14-13-19-3-1-2-4-23(19)29/h1-12,15-16H,13-14,17H2/b12-7+. The number of carbonyl (C=O) groups is 1. The number of aromatic nitrogens is 2. The van der Waals surface area contributed by atoms with Gasteiger partial charge in [-0.15, -0.1) is 0 Å². The van der Waals surface area contributed by atoms with Gasteiger partial charge in [-0.3, -0.25) is 4.31 Å². The van der Waals surface area contributed by atoms with Crippen LogP contribution in [0, 0.1) is 0 Å². The molecule has 2 aromatic heterocycles. The second-order valence-electron chi connectivity index (χ2n) is 7.81. The minimum Gasteiger partial charge on any atom is -0.456 e. The number of carbonyl (C=O) groups excluding carboxylic acids is 1. The highest BCUT2D eigenvalue weighted by molar-refractivity contribution is 7.92. The van der Waals surface area contributed by atoms with Crippen LogP contribution in [0.3, 0.4) is 0 Å². The first-order valence-electron chi connectivity index (χ1n) is 10.6. The van der Waals surface area contributed by atoms with Gasteiger partial charge in [-0.25, -0.2) is 18.2 Å². The Morgan fingerprint density at radius 1 is 1.06 bits per heavy atom. The topological polar surface area (TPSA) is 81.0 Å². The first-order valence-corrected chi connectivity index (χ1v) is 12.4. The summed E-state index contributed by atoms with van der Waals surface area (Å²) in [7, 11) is -3.65. The highest BCUT2D eigenvalue weighted by Gasteiger charge is 2.30. The van der Waals surface area contributed by atoms with Gasteiger partial charge in [0.05, 0.1) is 21.3 Å². The Balaban J connectivity index is 1.22. The summed E-state index contributed by atoms with van der Waals surface area (Å²) in [6.45, 7) is 0.450. The summed E-state index contributed by atoms with van der Waals surface area (Å²) in [5, 5.41) is 0.584. The highest BCUT2D eigenvalue weighted by atomic mass is 35.5. The minimum absolute atomic E-state index is 0.0248. The maximum absolute atomic E-state index is 13.1. The van der Waals surface area contributed by atoms with Crippen LogP contribution in [0.25, 0.3) is 11.7 Å². The first-order chi connectivity index (χ1) is 16.4. The van der Waals surface area contributed by atoms with Gasteiger partial charge >= 0.3 is 5.97 Å². The van der Waals surface area contributed by atoms with Crippen LogP contribution >= 0.6 is 11.6 Å². The molecule has 0 atom stereocenters. The summed E-state index contributed by atoms with van der Waals surface area (Å²) in [6.07, 6.45) is 7.04. The molecule has 0 radical (unpaired) electrons. The van der Waals surface area contributed by atoms with Crippen molar-refractivity contribution in [3.05, 3.63) is 101 Å². The van der Waals surface area contributed by atoms with Crippen LogP contribution < -0.4 is 4.31 Å². The molecule has 4 aromatic rings. The number of nitrogens with zero attached hydrogens (tertiary/aromatic N) is 3. The van der Waals surface area contributed by atoms with Gasteiger partial charge in [0.15, 0.2) is 0 Å². The number of anilines is 1. The van der Waals surface area contributed by atoms with E-state index in [1.807, 2.05) is 24.3 Å². The fourth-order valence-electron chi connectivity index (χ4n) is 3.88. The molecule has 2 aromatic carbocycles. The zero-order chi connectivity index (χ0) is 23.7. The van der Waals surface area contributed by atoms with Crippen molar-refractivity contribution < 1.29 is 17.9 Å². The third-order valence-electron chi connectivity index (χ3n) is 5.55. The van der Waals surface area contributed by atoms with Crippen molar-refractivity contribution in [3.63, 3.8) is 0 Å². The normalized spacial score (nSPS) is 13.5. The van der Waals surface area contributed by atoms with Gasteiger partial charge in [-0.05, 0) is 54.0 Å². The third-order valence-corrected chi connectivity index (χ3v) is 7.60. The maximum Gasteiger partial charge on any atom is 0.331 e. The molecule has 0 amide bonds. The second kappa shape index (κ2) is 8.96. The Hall–Kier alpha value is -3.62. The molecule has 0 aliphatic carbocycles. The lowest BCUT2D eigenvalue weighted by atomic mass is 10.2. The van der Waals surface area contributed by atoms with Gasteiger partial charge in [-0.1, -0.05) is 41.9 Å². The van der Waals surface area contributed by atoms with Gasteiger partial charge in [0.25, 0.3) is 10.0 Å². The number of esters is 1. The molecule has 34 heavy (non-hydrogen) atoms. The van der Waals surface area contributed by atoms with Crippen molar-refractivity contribution >= 4 is 45.0 Å². The summed E-state index contributed by atoms with van der Waals surface area (Å²) < 4.78 is 34.6. The highest BCUT2D eigenvalue weighted by Crippen LogP contribution is 2.32. The maximum atomic E-state index is 13.1. The fourth-order valence-corrected chi connectivity index (χ4v) is 5.55. The number of halogens is 1. The predicted octanol–water partition coefficient (Wildman–Crippen LogP) is 4.50. The van der Waals surface area contributed by atoms with Gasteiger partial charge in [0, 0.05) is 25.0 Å². The molecule has 5 rings (SSSR count). The largest absolute Gasteiger partial charge is 0.456 e. The monoisotopic (exact) mass is 493 g/mol. The summed E-state index contributed by atoms with van der Waals surface area (Å²) in [5.74, 6) is -0.527. The van der Waals surface area contributed by atoms with Gasteiger partial charge in [0.2, 0.25) is 0 Å². The van der Waals surface area contributed by atoms with E-state index < -0.39 is 16.0 Å². The Morgan fingerprint density at radius 3 is 2.68 bits per heavy atom. The second-order valence-corrected chi connectivity index (χ2v) is 10.1. The molecule has 0 saturated carbocycles.